The van der Waals surface area contributed by atoms with Gasteiger partial charge in [0.25, 0.3) is 0 Å². The predicted octanol–water partition coefficient (Wildman–Crippen LogP) is 9.36. The summed E-state index contributed by atoms with van der Waals surface area (Å²) in [6.45, 7) is 0.279. The molecule has 0 aliphatic rings. The van der Waals surface area contributed by atoms with Crippen LogP contribution in [-0.4, -0.2) is 4.98 Å². The molecule has 248 valence electrons. The number of halogens is 2. The molecule has 1 aromatic heterocycles. The number of nitrogens with zero attached hydrogens (tertiary/aromatic N) is 1. The van der Waals surface area contributed by atoms with Gasteiger partial charge in [-0.15, -0.1) is 6.54 Å². The summed E-state index contributed by atoms with van der Waals surface area (Å²) in [6, 6.07) is 70.6. The van der Waals surface area contributed by atoms with Crippen molar-refractivity contribution in [3.63, 3.8) is 0 Å². The fourth-order valence-corrected chi connectivity index (χ4v) is 10.3. The molecule has 1 N–H and O–H groups in total. The Labute approximate surface area is 309 Å². The summed E-state index contributed by atoms with van der Waals surface area (Å²) < 4.78 is 0. The fraction of sp³-hybridized carbons (Fsp3) is 0.0238. The van der Waals surface area contributed by atoms with E-state index in [2.05, 4.69) is 187 Å². The topological polar surface area (TPSA) is 36.7 Å². The third-order valence-electron chi connectivity index (χ3n) is 7.28. The van der Waals surface area contributed by atoms with Crippen LogP contribution in [0.2, 0.25) is 0 Å². The zero-order valence-corrected chi connectivity index (χ0v) is 32.1. The molecule has 2 nitrogen and oxygen atoms in total. The molecule has 0 saturated heterocycles. The molecule has 0 fully saturated rings. The Bertz CT molecular complexity index is 1520. The van der Waals surface area contributed by atoms with Crippen molar-refractivity contribution in [2.45, 2.75) is 6.54 Å². The van der Waals surface area contributed by atoms with Crippen LogP contribution in [0.15, 0.2) is 206 Å². The van der Waals surface area contributed by atoms with Gasteiger partial charge in [-0.2, -0.15) is 0 Å². The number of rotatable bonds is 7. The summed E-state index contributed by atoms with van der Waals surface area (Å²) in [5.41, 5.74) is 7.71. The number of nitrogens with one attached hydrogen (secondary N) is 1. The molecule has 49 heavy (non-hydrogen) atoms. The first kappa shape index (κ1) is 38.3. The van der Waals surface area contributed by atoms with Crippen molar-refractivity contribution >= 4 is 67.1 Å². The van der Waals surface area contributed by atoms with Crippen molar-refractivity contribution < 1.29 is 15.1 Å². The van der Waals surface area contributed by atoms with E-state index < -0.39 is 15.8 Å². The molecule has 0 spiro atoms. The molecule has 0 aliphatic carbocycles. The summed E-state index contributed by atoms with van der Waals surface area (Å²) in [4.78, 5) is 3.91. The second-order valence-corrected chi connectivity index (χ2v) is 18.1. The van der Waals surface area contributed by atoms with Crippen LogP contribution in [0.25, 0.3) is 5.73 Å². The predicted molar refractivity (Wildman–Crippen MR) is 217 cm³/mol. The molecule has 7 rings (SSSR count). The average Bonchev–Trinajstić information content (AvgIpc) is 3.19. The van der Waals surface area contributed by atoms with Gasteiger partial charge in [0, 0.05) is 11.9 Å². The number of hydrogen-bond donors (Lipinski definition) is 0. The van der Waals surface area contributed by atoms with E-state index in [0.717, 1.165) is 5.69 Å². The SMILES string of the molecule is [Cl][Ru][Cl].[NH-]Cc1ccccn1.c1ccc([PH+](c2ccccc2)c2ccccc2)cc1.c1ccc([PH+](c2ccccc2)c2ccccc2)cc1. The largest absolute Gasteiger partial charge is 0.672 e. The van der Waals surface area contributed by atoms with Crippen molar-refractivity contribution in [1.29, 1.82) is 0 Å². The molecule has 0 amide bonds. The summed E-state index contributed by atoms with van der Waals surface area (Å²) in [5.74, 6) is 0. The van der Waals surface area contributed by atoms with Crippen molar-refractivity contribution in [3.05, 3.63) is 218 Å². The first-order valence-electron chi connectivity index (χ1n) is 15.7. The van der Waals surface area contributed by atoms with Crippen molar-refractivity contribution in [2.75, 3.05) is 0 Å². The van der Waals surface area contributed by atoms with Crippen LogP contribution in [0.3, 0.4) is 0 Å². The minimum atomic E-state index is -0.877. The number of hydrogen-bond acceptors (Lipinski definition) is 1. The number of aromatic nitrogens is 1. The summed E-state index contributed by atoms with van der Waals surface area (Å²) in [5, 5.41) is 8.61. The molecule has 0 unspecified atom stereocenters. The van der Waals surface area contributed by atoms with Crippen LogP contribution in [-0.2, 0) is 21.7 Å². The van der Waals surface area contributed by atoms with Crippen molar-refractivity contribution in [1.82, 2.24) is 4.98 Å². The van der Waals surface area contributed by atoms with Gasteiger partial charge in [0.2, 0.25) is 0 Å². The van der Waals surface area contributed by atoms with Crippen molar-refractivity contribution in [2.24, 2.45) is 0 Å². The Kier molecular flexibility index (Phi) is 18.0. The first-order chi connectivity index (χ1) is 24.2. The monoisotopic (exact) mass is 805 g/mol. The molecule has 6 aromatic carbocycles. The van der Waals surface area contributed by atoms with E-state index in [0.29, 0.717) is 0 Å². The minimum Gasteiger partial charge on any atom is -0.672 e. The fourth-order valence-electron chi connectivity index (χ4n) is 5.13. The van der Waals surface area contributed by atoms with Gasteiger partial charge in [0.05, 0.1) is 15.8 Å². The summed E-state index contributed by atoms with van der Waals surface area (Å²) in [7, 11) is 7.95. The third kappa shape index (κ3) is 13.0. The maximum absolute atomic E-state index is 6.88. The number of benzene rings is 6. The van der Waals surface area contributed by atoms with Gasteiger partial charge in [-0.3, -0.25) is 4.98 Å². The Balaban J connectivity index is 0.000000170. The normalized spacial score (nSPS) is 10.1. The van der Waals surface area contributed by atoms with E-state index in [4.69, 9.17) is 25.1 Å². The first-order valence-corrected chi connectivity index (χ1v) is 23.2. The van der Waals surface area contributed by atoms with Crippen LogP contribution in [0.5, 0.6) is 0 Å². The van der Waals surface area contributed by atoms with Crippen LogP contribution < -0.4 is 31.8 Å². The maximum atomic E-state index is 6.88. The van der Waals surface area contributed by atoms with Gasteiger partial charge < -0.3 is 5.73 Å². The number of pyridine rings is 1. The Morgan fingerprint density at radius 2 is 0.612 bits per heavy atom. The van der Waals surface area contributed by atoms with Gasteiger partial charge in [-0.25, -0.2) is 0 Å². The third-order valence-corrected chi connectivity index (χ3v) is 12.7. The Morgan fingerprint density at radius 3 is 0.776 bits per heavy atom. The van der Waals surface area contributed by atoms with E-state index in [1.807, 2.05) is 18.2 Å². The Morgan fingerprint density at radius 1 is 0.388 bits per heavy atom. The zero-order valence-electron chi connectivity index (χ0n) is 26.9. The second-order valence-electron chi connectivity index (χ2n) is 10.5. The van der Waals surface area contributed by atoms with Crippen LogP contribution in [0, 0.1) is 0 Å². The second kappa shape index (κ2) is 23.0. The zero-order chi connectivity index (χ0) is 34.4. The van der Waals surface area contributed by atoms with Gasteiger partial charge >= 0.3 is 34.5 Å². The molecule has 0 radical (unpaired) electrons. The molecule has 0 saturated carbocycles. The van der Waals surface area contributed by atoms with E-state index >= 15 is 0 Å². The van der Waals surface area contributed by atoms with Crippen LogP contribution in [0.4, 0.5) is 0 Å². The summed E-state index contributed by atoms with van der Waals surface area (Å²) in [6.07, 6.45) is 1.70. The quantitative estimate of drug-likeness (QED) is 0.117. The van der Waals surface area contributed by atoms with Gasteiger partial charge in [-0.1, -0.05) is 115 Å². The van der Waals surface area contributed by atoms with Gasteiger partial charge in [-0.05, 0) is 84.9 Å². The van der Waals surface area contributed by atoms with Crippen LogP contribution in [0.1, 0.15) is 5.69 Å². The molecule has 0 atom stereocenters. The van der Waals surface area contributed by atoms with Gasteiger partial charge in [0.1, 0.15) is 31.8 Å². The minimum absolute atomic E-state index is 0.279. The molecule has 1 heterocycles. The molecular weight excluding hydrogens is 766 g/mol. The summed E-state index contributed by atoms with van der Waals surface area (Å²) >= 11 is -0.346. The van der Waals surface area contributed by atoms with E-state index in [1.165, 1.54) is 31.8 Å². The standard InChI is InChI=1S/2C18H15P.C6H7N2.2ClH.Ru/c2*1-4-10-16(11-5-1)19(17-12-6-2-7-13-17)18-14-8-3-9-15-18;7-5-6-3-1-2-4-8-6;;;/h2*1-15H;1-4,7H,5H2;2*1H;/q;;-1;;;+2. The van der Waals surface area contributed by atoms with E-state index in [1.54, 1.807) is 6.20 Å². The smallest absolute Gasteiger partial charge is 0.102 e. The van der Waals surface area contributed by atoms with Crippen LogP contribution >= 0.6 is 35.2 Å². The molecular formula is C42H39Cl2N2P2Ru+. The Hall–Kier alpha value is -3.51. The van der Waals surface area contributed by atoms with Gasteiger partial charge in [0.15, 0.2) is 0 Å². The molecule has 0 bridgehead atoms. The van der Waals surface area contributed by atoms with Crippen molar-refractivity contribution in [3.8, 4) is 0 Å². The average molecular weight is 806 g/mol. The van der Waals surface area contributed by atoms with E-state index in [9.17, 15) is 0 Å². The molecule has 7 aromatic rings. The molecule has 0 aliphatic heterocycles. The molecule has 7 heteroatoms. The maximum Gasteiger partial charge on any atom is 0.102 e. The van der Waals surface area contributed by atoms with E-state index in [-0.39, 0.29) is 21.7 Å².